The Hall–Kier alpha value is -1.61. The molecule has 0 heterocycles. The van der Waals surface area contributed by atoms with Crippen molar-refractivity contribution < 1.29 is 26.4 Å². The normalized spacial score (nSPS) is 18.4. The zero-order chi connectivity index (χ0) is 20.5. The molecule has 1 aromatic rings. The third-order valence-corrected chi connectivity index (χ3v) is 7.00. The lowest BCUT2D eigenvalue weighted by Crippen LogP contribution is -2.53. The number of hydrogen-bond donors (Lipinski definition) is 2. The van der Waals surface area contributed by atoms with Crippen molar-refractivity contribution in [3.8, 4) is 0 Å². The maximum atomic E-state index is 12.7. The third kappa shape index (κ3) is 5.44. The monoisotopic (exact) mass is 406 g/mol. The summed E-state index contributed by atoms with van der Waals surface area (Å²) in [5.41, 5.74) is -0.0139. The summed E-state index contributed by atoms with van der Waals surface area (Å²) in [6, 6.07) is 6.20. The van der Waals surface area contributed by atoms with E-state index in [4.69, 9.17) is 0 Å². The van der Waals surface area contributed by atoms with Gasteiger partial charge >= 0.3 is 6.18 Å². The van der Waals surface area contributed by atoms with Crippen LogP contribution < -0.4 is 10.0 Å². The van der Waals surface area contributed by atoms with Gasteiger partial charge in [0.2, 0.25) is 10.0 Å². The van der Waals surface area contributed by atoms with Crippen molar-refractivity contribution in [3.63, 3.8) is 0 Å². The second kappa shape index (κ2) is 7.43. The smallest absolute Gasteiger partial charge is 0.376 e. The number of rotatable bonds is 5. The predicted octanol–water partition coefficient (Wildman–Crippen LogP) is 3.72. The molecule has 0 aliphatic heterocycles. The summed E-state index contributed by atoms with van der Waals surface area (Å²) in [5, 5.41) is 2.29. The molecule has 2 rings (SSSR count). The Balaban J connectivity index is 2.31. The van der Waals surface area contributed by atoms with Crippen LogP contribution in [0.25, 0.3) is 0 Å². The first-order valence-corrected chi connectivity index (χ1v) is 10.2. The Labute approximate surface area is 157 Å². The van der Waals surface area contributed by atoms with Crippen LogP contribution in [0, 0.1) is 0 Å². The van der Waals surface area contributed by atoms with Crippen molar-refractivity contribution in [2.45, 2.75) is 62.9 Å². The molecule has 1 fully saturated rings. The number of hydrogen-bond acceptors (Lipinski definition) is 4. The van der Waals surface area contributed by atoms with E-state index in [1.807, 2.05) is 0 Å². The van der Waals surface area contributed by atoms with Gasteiger partial charge < -0.3 is 5.32 Å². The number of halogens is 3. The largest absolute Gasteiger partial charge is 0.405 e. The number of nitrogens with one attached hydrogen (secondary N) is 2. The fourth-order valence-electron chi connectivity index (χ4n) is 2.92. The molecule has 2 N–H and O–H groups in total. The van der Waals surface area contributed by atoms with Gasteiger partial charge in [0.1, 0.15) is 12.3 Å². The van der Waals surface area contributed by atoms with E-state index in [2.05, 4.69) is 10.0 Å². The highest BCUT2D eigenvalue weighted by Gasteiger charge is 2.43. The Morgan fingerprint density at radius 3 is 2.00 bits per heavy atom. The minimum absolute atomic E-state index is 0.0732. The van der Waals surface area contributed by atoms with Crippen molar-refractivity contribution >= 4 is 21.5 Å². The first kappa shape index (κ1) is 21.7. The van der Waals surface area contributed by atoms with Gasteiger partial charge in [0.25, 0.3) is 0 Å². The van der Waals surface area contributed by atoms with E-state index >= 15 is 0 Å². The molecule has 0 amide bonds. The van der Waals surface area contributed by atoms with Crippen LogP contribution in [0.15, 0.2) is 24.3 Å². The number of anilines is 1. The number of benzene rings is 1. The molecular weight excluding hydrogens is 381 g/mol. The summed E-state index contributed by atoms with van der Waals surface area (Å²) in [4.78, 5) is 11.7. The summed E-state index contributed by atoms with van der Waals surface area (Å²) in [7, 11) is -3.69. The van der Waals surface area contributed by atoms with E-state index in [0.717, 1.165) is 0 Å². The summed E-state index contributed by atoms with van der Waals surface area (Å²) in [6.45, 7) is 3.60. The molecule has 152 valence electrons. The van der Waals surface area contributed by atoms with Crippen LogP contribution in [-0.2, 0) is 20.4 Å². The lowest BCUT2D eigenvalue weighted by Gasteiger charge is -2.40. The van der Waals surface area contributed by atoms with Crippen LogP contribution in [0.2, 0.25) is 0 Å². The standard InChI is InChI=1S/C18H25F3N2O3S/c1-16(2,3)27(25,26)23-17(10-8-15(24)9-11-17)13-4-6-14(7-5-13)22-12-18(19,20)21/h4-7,22-23H,8-12H2,1-3H3. The van der Waals surface area contributed by atoms with Crippen LogP contribution in [0.4, 0.5) is 18.9 Å². The maximum Gasteiger partial charge on any atom is 0.405 e. The second-order valence-electron chi connectivity index (χ2n) is 7.88. The van der Waals surface area contributed by atoms with Gasteiger partial charge in [-0.05, 0) is 51.3 Å². The van der Waals surface area contributed by atoms with Gasteiger partial charge in [0, 0.05) is 18.5 Å². The summed E-state index contributed by atoms with van der Waals surface area (Å²) >= 11 is 0. The number of Topliss-reactive ketones (excluding diaryl/α,β-unsaturated/α-hetero) is 1. The third-order valence-electron chi connectivity index (χ3n) is 4.73. The number of ketones is 1. The molecule has 0 bridgehead atoms. The average Bonchev–Trinajstić information content (AvgIpc) is 2.54. The molecule has 27 heavy (non-hydrogen) atoms. The van der Waals surface area contributed by atoms with E-state index in [-0.39, 0.29) is 24.3 Å². The van der Waals surface area contributed by atoms with Crippen molar-refractivity contribution in [2.24, 2.45) is 0 Å². The van der Waals surface area contributed by atoms with Gasteiger partial charge in [-0.25, -0.2) is 13.1 Å². The molecule has 0 spiro atoms. The fraction of sp³-hybridized carbons (Fsp3) is 0.611. The van der Waals surface area contributed by atoms with Crippen molar-refractivity contribution in [2.75, 3.05) is 11.9 Å². The molecule has 1 aliphatic rings. The van der Waals surface area contributed by atoms with Crippen LogP contribution in [0.5, 0.6) is 0 Å². The lowest BCUT2D eigenvalue weighted by molar-refractivity contribution is -0.121. The van der Waals surface area contributed by atoms with Gasteiger partial charge in [0.05, 0.1) is 10.3 Å². The number of sulfonamides is 1. The Bertz CT molecular complexity index is 772. The zero-order valence-electron chi connectivity index (χ0n) is 15.6. The predicted molar refractivity (Wildman–Crippen MR) is 97.9 cm³/mol. The molecular formula is C18H25F3N2O3S. The van der Waals surface area contributed by atoms with Gasteiger partial charge in [-0.2, -0.15) is 13.2 Å². The van der Waals surface area contributed by atoms with E-state index in [1.165, 1.54) is 12.1 Å². The quantitative estimate of drug-likeness (QED) is 0.782. The lowest BCUT2D eigenvalue weighted by atomic mass is 9.77. The fourth-order valence-corrected chi connectivity index (χ4v) is 4.07. The number of alkyl halides is 3. The Kier molecular flexibility index (Phi) is 5.96. The van der Waals surface area contributed by atoms with E-state index in [9.17, 15) is 26.4 Å². The summed E-state index contributed by atoms with van der Waals surface area (Å²) < 4.78 is 64.2. The van der Waals surface area contributed by atoms with E-state index in [0.29, 0.717) is 18.4 Å². The highest BCUT2D eigenvalue weighted by molar-refractivity contribution is 7.90. The van der Waals surface area contributed by atoms with Crippen LogP contribution >= 0.6 is 0 Å². The molecule has 0 saturated heterocycles. The molecule has 5 nitrogen and oxygen atoms in total. The van der Waals surface area contributed by atoms with Crippen molar-refractivity contribution in [1.82, 2.24) is 4.72 Å². The first-order chi connectivity index (χ1) is 12.2. The minimum Gasteiger partial charge on any atom is -0.376 e. The number of carbonyl (C=O) groups is 1. The highest BCUT2D eigenvalue weighted by atomic mass is 32.2. The molecule has 0 unspecified atom stereocenters. The molecule has 0 atom stereocenters. The van der Waals surface area contributed by atoms with E-state index < -0.39 is 33.0 Å². The molecule has 0 radical (unpaired) electrons. The van der Waals surface area contributed by atoms with Gasteiger partial charge in [-0.1, -0.05) is 12.1 Å². The highest BCUT2D eigenvalue weighted by Crippen LogP contribution is 2.38. The van der Waals surface area contributed by atoms with Crippen molar-refractivity contribution in [1.29, 1.82) is 0 Å². The first-order valence-electron chi connectivity index (χ1n) is 8.71. The average molecular weight is 406 g/mol. The summed E-state index contributed by atoms with van der Waals surface area (Å²) in [6.07, 6.45) is -3.19. The molecule has 9 heteroatoms. The molecule has 1 aliphatic carbocycles. The summed E-state index contributed by atoms with van der Waals surface area (Å²) in [5.74, 6) is 0.0732. The van der Waals surface area contributed by atoms with Gasteiger partial charge in [-0.3, -0.25) is 4.79 Å². The van der Waals surface area contributed by atoms with Crippen molar-refractivity contribution in [3.05, 3.63) is 29.8 Å². The van der Waals surface area contributed by atoms with Gasteiger partial charge in [0.15, 0.2) is 0 Å². The number of carbonyl (C=O) groups excluding carboxylic acids is 1. The van der Waals surface area contributed by atoms with Crippen LogP contribution in [0.1, 0.15) is 52.0 Å². The molecule has 0 aromatic heterocycles. The van der Waals surface area contributed by atoms with Crippen LogP contribution in [0.3, 0.4) is 0 Å². The van der Waals surface area contributed by atoms with E-state index in [1.54, 1.807) is 32.9 Å². The SMILES string of the molecule is CC(C)(C)S(=O)(=O)NC1(c2ccc(NCC(F)(F)F)cc2)CCC(=O)CC1. The Morgan fingerprint density at radius 1 is 1.04 bits per heavy atom. The topological polar surface area (TPSA) is 75.3 Å². The molecule has 1 aromatic carbocycles. The Morgan fingerprint density at radius 2 is 1.56 bits per heavy atom. The van der Waals surface area contributed by atoms with Gasteiger partial charge in [-0.15, -0.1) is 0 Å². The minimum atomic E-state index is -4.33. The van der Waals surface area contributed by atoms with Crippen LogP contribution in [-0.4, -0.2) is 31.7 Å². The second-order valence-corrected chi connectivity index (χ2v) is 10.3. The maximum absolute atomic E-state index is 12.7. The zero-order valence-corrected chi connectivity index (χ0v) is 16.4. The molecule has 1 saturated carbocycles.